The van der Waals surface area contributed by atoms with Gasteiger partial charge in [-0.2, -0.15) is 0 Å². The number of aromatic nitrogens is 1. The van der Waals surface area contributed by atoms with Crippen LogP contribution in [0.3, 0.4) is 0 Å². The summed E-state index contributed by atoms with van der Waals surface area (Å²) in [5.74, 6) is 1.09. The molecule has 3 heterocycles. The molecule has 2 saturated heterocycles. The van der Waals surface area contributed by atoms with E-state index in [1.807, 2.05) is 18.3 Å². The second-order valence-electron chi connectivity index (χ2n) is 4.98. The molecule has 0 atom stereocenters. The van der Waals surface area contributed by atoms with E-state index in [1.165, 1.54) is 0 Å². The topological polar surface area (TPSA) is 37.8 Å². The lowest BCUT2D eigenvalue weighted by molar-refractivity contribution is -0.0516. The number of anilines is 1. The molecule has 0 aliphatic carbocycles. The van der Waals surface area contributed by atoms with Crippen LogP contribution in [0.5, 0.6) is 0 Å². The number of rotatable bonds is 4. The van der Waals surface area contributed by atoms with Gasteiger partial charge in [-0.3, -0.25) is 4.90 Å². The Kier molecular flexibility index (Phi) is 4.27. The van der Waals surface area contributed by atoms with Gasteiger partial charge in [0.05, 0.1) is 13.2 Å². The first kappa shape index (κ1) is 12.8. The number of nitrogens with zero attached hydrogens (tertiary/aromatic N) is 3. The number of ether oxygens (including phenoxy) is 2. The van der Waals surface area contributed by atoms with Gasteiger partial charge in [0.25, 0.3) is 0 Å². The third-order valence-corrected chi connectivity index (χ3v) is 3.72. The molecule has 0 saturated carbocycles. The van der Waals surface area contributed by atoms with Gasteiger partial charge in [-0.15, -0.1) is 0 Å². The Labute approximate surface area is 114 Å². The number of pyridine rings is 1. The van der Waals surface area contributed by atoms with E-state index in [0.717, 1.165) is 58.2 Å². The Hall–Kier alpha value is -1.17. The van der Waals surface area contributed by atoms with Crippen LogP contribution in [0, 0.1) is 0 Å². The van der Waals surface area contributed by atoms with Gasteiger partial charge in [0, 0.05) is 45.3 Å². The minimum atomic E-state index is 0.0221. The summed E-state index contributed by atoms with van der Waals surface area (Å²) < 4.78 is 10.9. The summed E-state index contributed by atoms with van der Waals surface area (Å²) in [5.41, 5.74) is 0. The van der Waals surface area contributed by atoms with Crippen LogP contribution in [0.4, 0.5) is 5.82 Å². The van der Waals surface area contributed by atoms with Crippen LogP contribution < -0.4 is 4.90 Å². The zero-order valence-electron chi connectivity index (χ0n) is 11.2. The lowest BCUT2D eigenvalue weighted by Gasteiger charge is -2.35. The Morgan fingerprint density at radius 1 is 1.11 bits per heavy atom. The van der Waals surface area contributed by atoms with Gasteiger partial charge in [0.1, 0.15) is 5.82 Å². The van der Waals surface area contributed by atoms with Gasteiger partial charge in [-0.1, -0.05) is 6.07 Å². The minimum Gasteiger partial charge on any atom is -0.354 e. The standard InChI is InChI=1S/C14H21N3O2/c1-2-5-15-13(3-1)17-9-7-16(8-10-17)6-4-14-18-11-12-19-14/h1-3,5,14H,4,6-12H2. The van der Waals surface area contributed by atoms with Crippen molar-refractivity contribution in [1.82, 2.24) is 9.88 Å². The third kappa shape index (κ3) is 3.43. The predicted molar refractivity (Wildman–Crippen MR) is 73.2 cm³/mol. The van der Waals surface area contributed by atoms with E-state index in [4.69, 9.17) is 9.47 Å². The Morgan fingerprint density at radius 3 is 2.58 bits per heavy atom. The lowest BCUT2D eigenvalue weighted by atomic mass is 10.2. The summed E-state index contributed by atoms with van der Waals surface area (Å²) in [6, 6.07) is 6.08. The van der Waals surface area contributed by atoms with Crippen molar-refractivity contribution >= 4 is 5.82 Å². The smallest absolute Gasteiger partial charge is 0.159 e. The third-order valence-electron chi connectivity index (χ3n) is 3.72. The van der Waals surface area contributed by atoms with Gasteiger partial charge in [0.15, 0.2) is 6.29 Å². The molecule has 2 aliphatic heterocycles. The van der Waals surface area contributed by atoms with E-state index in [9.17, 15) is 0 Å². The first-order valence-electron chi connectivity index (χ1n) is 7.03. The van der Waals surface area contributed by atoms with Crippen molar-refractivity contribution in [3.05, 3.63) is 24.4 Å². The van der Waals surface area contributed by atoms with Crippen molar-refractivity contribution in [2.45, 2.75) is 12.7 Å². The highest BCUT2D eigenvalue weighted by Gasteiger charge is 2.20. The summed E-state index contributed by atoms with van der Waals surface area (Å²) in [7, 11) is 0. The summed E-state index contributed by atoms with van der Waals surface area (Å²) in [6.45, 7) is 6.82. The van der Waals surface area contributed by atoms with E-state index < -0.39 is 0 Å². The zero-order valence-corrected chi connectivity index (χ0v) is 11.2. The summed E-state index contributed by atoms with van der Waals surface area (Å²) in [6.07, 6.45) is 2.86. The fourth-order valence-corrected chi connectivity index (χ4v) is 2.60. The van der Waals surface area contributed by atoms with Crippen molar-refractivity contribution in [3.63, 3.8) is 0 Å². The molecular weight excluding hydrogens is 242 g/mol. The molecule has 104 valence electrons. The second-order valence-corrected chi connectivity index (χ2v) is 4.98. The Balaban J connectivity index is 1.42. The number of hydrogen-bond donors (Lipinski definition) is 0. The molecule has 5 heteroatoms. The van der Waals surface area contributed by atoms with Gasteiger partial charge in [-0.25, -0.2) is 4.98 Å². The molecule has 0 amide bonds. The van der Waals surface area contributed by atoms with Crippen molar-refractivity contribution in [1.29, 1.82) is 0 Å². The lowest BCUT2D eigenvalue weighted by Crippen LogP contribution is -2.47. The van der Waals surface area contributed by atoms with Crippen LogP contribution in [0.2, 0.25) is 0 Å². The zero-order chi connectivity index (χ0) is 12.9. The Bertz CT molecular complexity index is 374. The van der Waals surface area contributed by atoms with Gasteiger partial charge >= 0.3 is 0 Å². The van der Waals surface area contributed by atoms with Crippen molar-refractivity contribution in [3.8, 4) is 0 Å². The molecule has 3 rings (SSSR count). The molecule has 1 aromatic heterocycles. The summed E-state index contributed by atoms with van der Waals surface area (Å²) in [4.78, 5) is 9.23. The molecule has 0 aromatic carbocycles. The van der Waals surface area contributed by atoms with Crippen LogP contribution in [-0.4, -0.2) is 62.1 Å². The van der Waals surface area contributed by atoms with E-state index in [-0.39, 0.29) is 6.29 Å². The van der Waals surface area contributed by atoms with Crippen LogP contribution in [-0.2, 0) is 9.47 Å². The first-order valence-corrected chi connectivity index (χ1v) is 7.03. The van der Waals surface area contributed by atoms with E-state index >= 15 is 0 Å². The first-order chi connectivity index (χ1) is 9.42. The quantitative estimate of drug-likeness (QED) is 0.809. The fourth-order valence-electron chi connectivity index (χ4n) is 2.60. The van der Waals surface area contributed by atoms with Crippen LogP contribution in [0.1, 0.15) is 6.42 Å². The van der Waals surface area contributed by atoms with Crippen molar-refractivity contribution < 1.29 is 9.47 Å². The van der Waals surface area contributed by atoms with Crippen molar-refractivity contribution in [2.24, 2.45) is 0 Å². The van der Waals surface area contributed by atoms with Crippen LogP contribution >= 0.6 is 0 Å². The molecule has 0 unspecified atom stereocenters. The molecule has 2 aliphatic rings. The van der Waals surface area contributed by atoms with E-state index in [0.29, 0.717) is 0 Å². The average Bonchev–Trinajstić information content (AvgIpc) is 3.00. The van der Waals surface area contributed by atoms with E-state index in [2.05, 4.69) is 20.9 Å². The molecular formula is C14H21N3O2. The molecule has 0 spiro atoms. The second kappa shape index (κ2) is 6.32. The molecule has 2 fully saturated rings. The predicted octanol–water partition coefficient (Wildman–Crippen LogP) is 0.967. The summed E-state index contributed by atoms with van der Waals surface area (Å²) >= 11 is 0. The molecule has 1 aromatic rings. The molecule has 5 nitrogen and oxygen atoms in total. The highest BCUT2D eigenvalue weighted by atomic mass is 16.7. The fraction of sp³-hybridized carbons (Fsp3) is 0.643. The maximum absolute atomic E-state index is 5.47. The van der Waals surface area contributed by atoms with E-state index in [1.54, 1.807) is 0 Å². The normalized spacial score (nSPS) is 22.0. The maximum atomic E-state index is 5.47. The number of hydrogen-bond acceptors (Lipinski definition) is 5. The Morgan fingerprint density at radius 2 is 1.89 bits per heavy atom. The summed E-state index contributed by atoms with van der Waals surface area (Å²) in [5, 5.41) is 0. The molecule has 0 radical (unpaired) electrons. The van der Waals surface area contributed by atoms with Gasteiger partial charge in [-0.05, 0) is 12.1 Å². The molecule has 19 heavy (non-hydrogen) atoms. The average molecular weight is 263 g/mol. The maximum Gasteiger partial charge on any atom is 0.159 e. The largest absolute Gasteiger partial charge is 0.354 e. The van der Waals surface area contributed by atoms with Crippen molar-refractivity contribution in [2.75, 3.05) is 50.8 Å². The van der Waals surface area contributed by atoms with Crippen LogP contribution in [0.25, 0.3) is 0 Å². The number of piperazine rings is 1. The highest BCUT2D eigenvalue weighted by Crippen LogP contribution is 2.14. The molecule has 0 bridgehead atoms. The van der Waals surface area contributed by atoms with Gasteiger partial charge < -0.3 is 14.4 Å². The van der Waals surface area contributed by atoms with Crippen LogP contribution in [0.15, 0.2) is 24.4 Å². The monoisotopic (exact) mass is 263 g/mol. The molecule has 0 N–H and O–H groups in total. The SMILES string of the molecule is c1ccc(N2CCN(CCC3OCCO3)CC2)nc1. The highest BCUT2D eigenvalue weighted by molar-refractivity contribution is 5.38. The van der Waals surface area contributed by atoms with Gasteiger partial charge in [0.2, 0.25) is 0 Å². The minimum absolute atomic E-state index is 0.0221.